The van der Waals surface area contributed by atoms with E-state index in [2.05, 4.69) is 17.0 Å². The van der Waals surface area contributed by atoms with Crippen molar-refractivity contribution in [2.75, 3.05) is 31.1 Å². The zero-order valence-corrected chi connectivity index (χ0v) is 16.7. The van der Waals surface area contributed by atoms with Crippen molar-refractivity contribution >= 4 is 28.5 Å². The maximum atomic E-state index is 12.8. The third kappa shape index (κ3) is 3.83. The Kier molecular flexibility index (Phi) is 5.25. The molecule has 2 aromatic carbocycles. The van der Waals surface area contributed by atoms with Gasteiger partial charge in [-0.1, -0.05) is 36.4 Å². The topological polar surface area (TPSA) is 54.8 Å². The summed E-state index contributed by atoms with van der Waals surface area (Å²) in [6.07, 6.45) is 0.938. The molecule has 0 bridgehead atoms. The van der Waals surface area contributed by atoms with Crippen molar-refractivity contribution in [2.24, 2.45) is 7.05 Å². The molecule has 0 spiro atoms. The monoisotopic (exact) mass is 391 g/mol. The summed E-state index contributed by atoms with van der Waals surface area (Å²) in [5.41, 5.74) is 2.60. The molecule has 2 heterocycles. The van der Waals surface area contributed by atoms with E-state index in [1.54, 1.807) is 18.0 Å². The minimum atomic E-state index is -0.815. The predicted molar refractivity (Wildman–Crippen MR) is 113 cm³/mol. The van der Waals surface area contributed by atoms with Crippen molar-refractivity contribution in [3.8, 4) is 0 Å². The first-order valence-corrected chi connectivity index (χ1v) is 9.88. The summed E-state index contributed by atoms with van der Waals surface area (Å²) in [5.74, 6) is -0.614. The number of hydrogen-bond acceptors (Lipinski definition) is 4. The number of piperazine rings is 1. The first-order valence-electron chi connectivity index (χ1n) is 9.88. The standard InChI is InChI=1S/C23H25N3O3/c1-17(29-23(28)20-16-24(2)21-11-7-6-10-19(20)21)22(27)26-14-12-25(13-15-26)18-8-4-3-5-9-18/h3-11,16-17H,12-15H2,1-2H3/t17-/m1/s1. The number of anilines is 1. The number of nitrogens with zero attached hydrogens (tertiary/aromatic N) is 3. The first-order chi connectivity index (χ1) is 14.0. The molecule has 29 heavy (non-hydrogen) atoms. The first kappa shape index (κ1) is 19.1. The molecule has 1 aliphatic heterocycles. The molecule has 1 aromatic heterocycles. The molecule has 1 atom stereocenters. The lowest BCUT2D eigenvalue weighted by Gasteiger charge is -2.37. The second-order valence-corrected chi connectivity index (χ2v) is 7.37. The SMILES string of the molecule is C[C@@H](OC(=O)c1cn(C)c2ccccc12)C(=O)N1CCN(c2ccccc2)CC1. The third-order valence-corrected chi connectivity index (χ3v) is 5.46. The second-order valence-electron chi connectivity index (χ2n) is 7.37. The highest BCUT2D eigenvalue weighted by Gasteiger charge is 2.28. The highest BCUT2D eigenvalue weighted by molar-refractivity contribution is 6.05. The summed E-state index contributed by atoms with van der Waals surface area (Å²) in [7, 11) is 1.89. The number of hydrogen-bond donors (Lipinski definition) is 0. The molecule has 1 amide bonds. The van der Waals surface area contributed by atoms with Gasteiger partial charge in [0.1, 0.15) is 0 Å². The summed E-state index contributed by atoms with van der Waals surface area (Å²) in [6.45, 7) is 4.40. The Labute approximate surface area is 170 Å². The number of amides is 1. The van der Waals surface area contributed by atoms with Crippen molar-refractivity contribution in [2.45, 2.75) is 13.0 Å². The molecule has 6 nitrogen and oxygen atoms in total. The number of benzene rings is 2. The number of carbonyl (C=O) groups is 2. The number of esters is 1. The fourth-order valence-corrected chi connectivity index (χ4v) is 3.86. The van der Waals surface area contributed by atoms with Crippen LogP contribution in [0, 0.1) is 0 Å². The van der Waals surface area contributed by atoms with Gasteiger partial charge in [0.25, 0.3) is 5.91 Å². The van der Waals surface area contributed by atoms with Crippen LogP contribution in [0.4, 0.5) is 5.69 Å². The van der Waals surface area contributed by atoms with Crippen LogP contribution in [-0.2, 0) is 16.6 Å². The van der Waals surface area contributed by atoms with E-state index in [4.69, 9.17) is 4.74 Å². The van der Waals surface area contributed by atoms with Gasteiger partial charge in [-0.05, 0) is 25.1 Å². The lowest BCUT2D eigenvalue weighted by atomic mass is 10.2. The quantitative estimate of drug-likeness (QED) is 0.642. The second kappa shape index (κ2) is 7.99. The van der Waals surface area contributed by atoms with Crippen LogP contribution in [0.15, 0.2) is 60.8 Å². The highest BCUT2D eigenvalue weighted by Crippen LogP contribution is 2.22. The molecule has 4 rings (SSSR count). The average Bonchev–Trinajstić information content (AvgIpc) is 3.11. The van der Waals surface area contributed by atoms with Crippen LogP contribution >= 0.6 is 0 Å². The summed E-state index contributed by atoms with van der Waals surface area (Å²) in [5, 5.41) is 0.830. The van der Waals surface area contributed by atoms with E-state index in [-0.39, 0.29) is 5.91 Å². The number of carbonyl (C=O) groups excluding carboxylic acids is 2. The van der Waals surface area contributed by atoms with E-state index >= 15 is 0 Å². The molecule has 0 unspecified atom stereocenters. The van der Waals surface area contributed by atoms with E-state index in [1.807, 2.05) is 54.1 Å². The molecule has 0 N–H and O–H groups in total. The summed E-state index contributed by atoms with van der Waals surface area (Å²) >= 11 is 0. The van der Waals surface area contributed by atoms with Gasteiger partial charge in [-0.15, -0.1) is 0 Å². The normalized spacial score (nSPS) is 15.4. The van der Waals surface area contributed by atoms with Crippen LogP contribution in [0.3, 0.4) is 0 Å². The van der Waals surface area contributed by atoms with E-state index in [1.165, 1.54) is 0 Å². The fourth-order valence-electron chi connectivity index (χ4n) is 3.86. The molecule has 1 saturated heterocycles. The molecule has 6 heteroatoms. The maximum Gasteiger partial charge on any atom is 0.341 e. The van der Waals surface area contributed by atoms with E-state index in [0.29, 0.717) is 18.7 Å². The zero-order valence-electron chi connectivity index (χ0n) is 16.7. The number of fused-ring (bicyclic) bond motifs is 1. The van der Waals surface area contributed by atoms with Gasteiger partial charge >= 0.3 is 5.97 Å². The summed E-state index contributed by atoms with van der Waals surface area (Å²) in [6, 6.07) is 17.8. The Balaban J connectivity index is 1.38. The molecule has 0 aliphatic carbocycles. The molecule has 0 radical (unpaired) electrons. The zero-order chi connectivity index (χ0) is 20.4. The maximum absolute atomic E-state index is 12.8. The van der Waals surface area contributed by atoms with Gasteiger partial charge in [-0.3, -0.25) is 4.79 Å². The van der Waals surface area contributed by atoms with Crippen LogP contribution < -0.4 is 4.90 Å². The summed E-state index contributed by atoms with van der Waals surface area (Å²) < 4.78 is 7.42. The number of rotatable bonds is 4. The molecular weight excluding hydrogens is 366 g/mol. The van der Waals surface area contributed by atoms with E-state index in [0.717, 1.165) is 29.7 Å². The van der Waals surface area contributed by atoms with Crippen molar-refractivity contribution in [3.05, 3.63) is 66.4 Å². The lowest BCUT2D eigenvalue weighted by molar-refractivity contribution is -0.140. The van der Waals surface area contributed by atoms with Gasteiger partial charge in [0.2, 0.25) is 0 Å². The lowest BCUT2D eigenvalue weighted by Crippen LogP contribution is -2.51. The van der Waals surface area contributed by atoms with Crippen LogP contribution in [0.5, 0.6) is 0 Å². The minimum Gasteiger partial charge on any atom is -0.449 e. The Bertz CT molecular complexity index is 1020. The number of ether oxygens (including phenoxy) is 1. The summed E-state index contributed by atoms with van der Waals surface area (Å²) in [4.78, 5) is 29.5. The van der Waals surface area contributed by atoms with Gasteiger partial charge in [0.15, 0.2) is 6.10 Å². The van der Waals surface area contributed by atoms with Gasteiger partial charge in [-0.25, -0.2) is 4.79 Å². The van der Waals surface area contributed by atoms with Gasteiger partial charge in [0, 0.05) is 56.0 Å². The van der Waals surface area contributed by atoms with E-state index < -0.39 is 12.1 Å². The fraction of sp³-hybridized carbons (Fsp3) is 0.304. The minimum absolute atomic E-state index is 0.147. The molecule has 0 saturated carbocycles. The average molecular weight is 391 g/mol. The Hall–Kier alpha value is -3.28. The smallest absolute Gasteiger partial charge is 0.341 e. The van der Waals surface area contributed by atoms with Crippen LogP contribution in [0.1, 0.15) is 17.3 Å². The van der Waals surface area contributed by atoms with Crippen molar-refractivity contribution in [3.63, 3.8) is 0 Å². The molecule has 1 fully saturated rings. The number of aromatic nitrogens is 1. The van der Waals surface area contributed by atoms with Crippen molar-refractivity contribution in [1.82, 2.24) is 9.47 Å². The highest BCUT2D eigenvalue weighted by atomic mass is 16.5. The molecule has 150 valence electrons. The van der Waals surface area contributed by atoms with Crippen LogP contribution in [0.2, 0.25) is 0 Å². The van der Waals surface area contributed by atoms with Gasteiger partial charge in [0.05, 0.1) is 5.56 Å². The molecular formula is C23H25N3O3. The van der Waals surface area contributed by atoms with Crippen molar-refractivity contribution in [1.29, 1.82) is 0 Å². The van der Waals surface area contributed by atoms with Crippen LogP contribution in [0.25, 0.3) is 10.9 Å². The third-order valence-electron chi connectivity index (χ3n) is 5.46. The van der Waals surface area contributed by atoms with E-state index in [9.17, 15) is 9.59 Å². The number of para-hydroxylation sites is 2. The predicted octanol–water partition coefficient (Wildman–Crippen LogP) is 3.07. The number of aryl methyl sites for hydroxylation is 1. The molecule has 1 aliphatic rings. The largest absolute Gasteiger partial charge is 0.449 e. The Morgan fingerprint density at radius 1 is 0.931 bits per heavy atom. The van der Waals surface area contributed by atoms with Crippen molar-refractivity contribution < 1.29 is 14.3 Å². The van der Waals surface area contributed by atoms with Gasteiger partial charge in [-0.2, -0.15) is 0 Å². The van der Waals surface area contributed by atoms with Gasteiger partial charge < -0.3 is 19.1 Å². The Morgan fingerprint density at radius 2 is 1.59 bits per heavy atom. The van der Waals surface area contributed by atoms with Crippen LogP contribution in [-0.4, -0.2) is 53.6 Å². The molecule has 3 aromatic rings. The Morgan fingerprint density at radius 3 is 2.31 bits per heavy atom.